The second kappa shape index (κ2) is 11.2. The molecule has 11 rings (SSSR count). The predicted octanol–water partition coefficient (Wildman–Crippen LogP) is 13.6. The van der Waals surface area contributed by atoms with E-state index in [1.807, 2.05) is 24.3 Å². The smallest absolute Gasteiger partial charge is 0.159 e. The lowest BCUT2D eigenvalue weighted by Gasteiger charge is -2.30. The Morgan fingerprint density at radius 1 is 0.423 bits per heavy atom. The zero-order valence-electron chi connectivity index (χ0n) is 28.0. The number of fused-ring (bicyclic) bond motifs is 8. The topological polar surface area (TPSA) is 30.5 Å². The molecule has 0 saturated carbocycles. The van der Waals surface area contributed by atoms with Crippen LogP contribution in [0.5, 0.6) is 11.5 Å². The minimum Gasteiger partial charge on any atom is -0.454 e. The van der Waals surface area contributed by atoms with E-state index in [2.05, 4.69) is 167 Å². The van der Waals surface area contributed by atoms with Crippen LogP contribution in [0.2, 0.25) is 0 Å². The molecule has 0 amide bonds. The molecule has 244 valence electrons. The molecule has 4 heteroatoms. The van der Waals surface area contributed by atoms with E-state index >= 15 is 0 Å². The summed E-state index contributed by atoms with van der Waals surface area (Å²) in [6.45, 7) is 0. The third-order valence-electron chi connectivity index (χ3n) is 10.4. The number of hydrogen-bond donors (Lipinski definition) is 0. The van der Waals surface area contributed by atoms with Crippen LogP contribution >= 0.6 is 0 Å². The summed E-state index contributed by atoms with van der Waals surface area (Å²) in [6, 6.07) is 64.2. The summed E-state index contributed by atoms with van der Waals surface area (Å²) in [5, 5.41) is 4.54. The monoisotopic (exact) mass is 666 g/mol. The lowest BCUT2D eigenvalue weighted by molar-refractivity contribution is 0.476. The first-order chi connectivity index (χ1) is 25.8. The van der Waals surface area contributed by atoms with E-state index in [0.29, 0.717) is 0 Å². The van der Waals surface area contributed by atoms with E-state index in [4.69, 9.17) is 9.15 Å². The van der Waals surface area contributed by atoms with Crippen LogP contribution in [0.3, 0.4) is 0 Å². The van der Waals surface area contributed by atoms with Gasteiger partial charge in [-0.3, -0.25) is 0 Å². The fraction of sp³-hybridized carbons (Fsp3) is 0. The van der Waals surface area contributed by atoms with Crippen molar-refractivity contribution in [2.24, 2.45) is 0 Å². The molecule has 52 heavy (non-hydrogen) atoms. The number of rotatable bonds is 5. The van der Waals surface area contributed by atoms with Gasteiger partial charge in [-0.15, -0.1) is 0 Å². The summed E-state index contributed by atoms with van der Waals surface area (Å²) >= 11 is 0. The van der Waals surface area contributed by atoms with E-state index in [-0.39, 0.29) is 0 Å². The highest BCUT2D eigenvalue weighted by molar-refractivity contribution is 6.14. The van der Waals surface area contributed by atoms with E-state index in [9.17, 15) is 0 Å². The van der Waals surface area contributed by atoms with Crippen LogP contribution in [0.1, 0.15) is 0 Å². The SMILES string of the molecule is c1ccc(-c2ccccc2N(c2ccccc2-c2ccc3c(c2)c2cccc4c2n3-c2ccccc2O4)c2cccc3c2oc2ccccc23)cc1. The van der Waals surface area contributed by atoms with Gasteiger partial charge in [0.2, 0.25) is 0 Å². The number of hydrogen-bond acceptors (Lipinski definition) is 3. The zero-order valence-corrected chi connectivity index (χ0v) is 28.0. The standard InChI is InChI=1S/C48H30N2O2/c1-2-14-31(15-3-1)33-16-4-7-21-39(33)49(43-24-12-20-37-35-18-6-10-25-44(35)52-48(37)43)40-22-8-5-17-34(40)32-28-29-41-38(30-32)36-19-13-27-46-47(36)50(41)42-23-9-11-26-45(42)51-46/h1-30H. The van der Waals surface area contributed by atoms with Crippen molar-refractivity contribution < 1.29 is 9.15 Å². The number of anilines is 3. The second-order valence-electron chi connectivity index (χ2n) is 13.3. The number of ether oxygens (including phenoxy) is 1. The molecule has 3 heterocycles. The third-order valence-corrected chi connectivity index (χ3v) is 10.4. The number of furan rings is 1. The fourth-order valence-corrected chi connectivity index (χ4v) is 8.13. The number of nitrogens with zero attached hydrogens (tertiary/aromatic N) is 2. The molecule has 0 fully saturated rings. The summed E-state index contributed by atoms with van der Waals surface area (Å²) in [7, 11) is 0. The number of benzene rings is 8. The van der Waals surface area contributed by atoms with Gasteiger partial charge in [0.05, 0.1) is 33.8 Å². The van der Waals surface area contributed by atoms with Crippen LogP contribution in [-0.2, 0) is 0 Å². The zero-order chi connectivity index (χ0) is 34.2. The minimum atomic E-state index is 0.851. The van der Waals surface area contributed by atoms with Crippen LogP contribution < -0.4 is 9.64 Å². The molecule has 0 bridgehead atoms. The van der Waals surface area contributed by atoms with Crippen LogP contribution in [0.15, 0.2) is 186 Å². The van der Waals surface area contributed by atoms with Crippen LogP contribution in [-0.4, -0.2) is 4.57 Å². The van der Waals surface area contributed by atoms with Gasteiger partial charge in [0.15, 0.2) is 17.1 Å². The van der Waals surface area contributed by atoms with E-state index < -0.39 is 0 Å². The Kier molecular flexibility index (Phi) is 6.22. The van der Waals surface area contributed by atoms with Gasteiger partial charge in [-0.05, 0) is 65.7 Å². The van der Waals surface area contributed by atoms with Crippen molar-refractivity contribution in [1.82, 2.24) is 4.57 Å². The maximum absolute atomic E-state index is 6.71. The molecule has 0 radical (unpaired) electrons. The average molecular weight is 667 g/mol. The molecule has 8 aromatic carbocycles. The molecule has 0 saturated heterocycles. The van der Waals surface area contributed by atoms with Crippen LogP contribution in [0, 0.1) is 0 Å². The minimum absolute atomic E-state index is 0.851. The Labute approximate surface area is 300 Å². The van der Waals surface area contributed by atoms with Gasteiger partial charge in [-0.25, -0.2) is 0 Å². The Bertz CT molecular complexity index is 3010. The Hall–Kier alpha value is -7.04. The third kappa shape index (κ3) is 4.21. The Morgan fingerprint density at radius 3 is 1.92 bits per heavy atom. The predicted molar refractivity (Wildman–Crippen MR) is 214 cm³/mol. The van der Waals surface area contributed by atoms with Gasteiger partial charge in [-0.1, -0.05) is 127 Å². The van der Waals surface area contributed by atoms with Crippen molar-refractivity contribution in [3.63, 3.8) is 0 Å². The highest BCUT2D eigenvalue weighted by atomic mass is 16.5. The summed E-state index contributed by atoms with van der Waals surface area (Å²) in [5.41, 5.74) is 12.6. The molecule has 4 nitrogen and oxygen atoms in total. The molecule has 10 aromatic rings. The maximum Gasteiger partial charge on any atom is 0.159 e. The second-order valence-corrected chi connectivity index (χ2v) is 13.3. The molecular formula is C48H30N2O2. The molecule has 1 aliphatic rings. The Balaban J connectivity index is 1.18. The molecule has 0 unspecified atom stereocenters. The quantitative estimate of drug-likeness (QED) is 0.183. The molecule has 0 aliphatic carbocycles. The summed E-state index contributed by atoms with van der Waals surface area (Å²) in [6.07, 6.45) is 0. The van der Waals surface area contributed by atoms with Crippen LogP contribution in [0.25, 0.3) is 71.7 Å². The maximum atomic E-state index is 6.71. The largest absolute Gasteiger partial charge is 0.454 e. The van der Waals surface area contributed by atoms with Crippen molar-refractivity contribution in [1.29, 1.82) is 0 Å². The van der Waals surface area contributed by atoms with E-state index in [1.165, 1.54) is 10.8 Å². The van der Waals surface area contributed by atoms with Crippen molar-refractivity contribution >= 4 is 60.8 Å². The number of para-hydroxylation sites is 7. The summed E-state index contributed by atoms with van der Waals surface area (Å²) in [4.78, 5) is 2.38. The first-order valence-corrected chi connectivity index (χ1v) is 17.6. The van der Waals surface area contributed by atoms with Gasteiger partial charge in [0.1, 0.15) is 5.58 Å². The van der Waals surface area contributed by atoms with Gasteiger partial charge in [-0.2, -0.15) is 0 Å². The average Bonchev–Trinajstić information content (AvgIpc) is 3.76. The molecule has 0 atom stereocenters. The molecular weight excluding hydrogens is 637 g/mol. The van der Waals surface area contributed by atoms with Crippen molar-refractivity contribution in [2.45, 2.75) is 0 Å². The molecule has 0 N–H and O–H groups in total. The molecule has 1 aliphatic heterocycles. The normalized spacial score (nSPS) is 12.0. The van der Waals surface area contributed by atoms with E-state index in [0.717, 1.165) is 89.5 Å². The lowest BCUT2D eigenvalue weighted by Crippen LogP contribution is -2.12. The highest BCUT2D eigenvalue weighted by Gasteiger charge is 2.26. The van der Waals surface area contributed by atoms with Crippen molar-refractivity contribution in [3.05, 3.63) is 182 Å². The summed E-state index contributed by atoms with van der Waals surface area (Å²) in [5.74, 6) is 1.74. The van der Waals surface area contributed by atoms with Gasteiger partial charge in [0.25, 0.3) is 0 Å². The summed E-state index contributed by atoms with van der Waals surface area (Å²) < 4.78 is 15.5. The highest BCUT2D eigenvalue weighted by Crippen LogP contribution is 2.50. The number of aromatic nitrogens is 1. The van der Waals surface area contributed by atoms with Gasteiger partial charge < -0.3 is 18.6 Å². The van der Waals surface area contributed by atoms with Crippen molar-refractivity contribution in [3.8, 4) is 39.4 Å². The van der Waals surface area contributed by atoms with Gasteiger partial charge >= 0.3 is 0 Å². The first kappa shape index (κ1) is 28.8. The molecule has 0 spiro atoms. The molecule has 2 aromatic heterocycles. The first-order valence-electron chi connectivity index (χ1n) is 17.6. The van der Waals surface area contributed by atoms with E-state index in [1.54, 1.807) is 0 Å². The van der Waals surface area contributed by atoms with Crippen LogP contribution in [0.4, 0.5) is 17.1 Å². The van der Waals surface area contributed by atoms with Crippen molar-refractivity contribution in [2.75, 3.05) is 4.90 Å². The fourth-order valence-electron chi connectivity index (χ4n) is 8.13. The van der Waals surface area contributed by atoms with Gasteiger partial charge in [0, 0.05) is 32.7 Å². The lowest BCUT2D eigenvalue weighted by atomic mass is 9.97. The Morgan fingerprint density at radius 2 is 1.06 bits per heavy atom.